The van der Waals surface area contributed by atoms with Gasteiger partial charge in [-0.1, -0.05) is 0 Å². The van der Waals surface area contributed by atoms with Crippen LogP contribution in [0.2, 0.25) is 0 Å². The Morgan fingerprint density at radius 3 is 2.59 bits per heavy atom. The molecule has 1 fully saturated rings. The van der Waals surface area contributed by atoms with Gasteiger partial charge in [-0.2, -0.15) is 0 Å². The number of hydrogen-bond acceptors (Lipinski definition) is 4. The maximum absolute atomic E-state index is 12.1. The van der Waals surface area contributed by atoms with E-state index in [1.807, 2.05) is 6.92 Å². The molecular formula is C11H16N2O3S. The Bertz CT molecular complexity index is 536. The molecule has 0 saturated heterocycles. The zero-order chi connectivity index (χ0) is 12.6. The van der Waals surface area contributed by atoms with Gasteiger partial charge in [0.15, 0.2) is 0 Å². The molecule has 0 spiro atoms. The molecule has 5 nitrogen and oxygen atoms in total. The van der Waals surface area contributed by atoms with Crippen LogP contribution in [0, 0.1) is 6.92 Å². The van der Waals surface area contributed by atoms with Crippen molar-refractivity contribution in [2.24, 2.45) is 0 Å². The van der Waals surface area contributed by atoms with Crippen LogP contribution >= 0.6 is 0 Å². The Hall–Kier alpha value is -1.27. The summed E-state index contributed by atoms with van der Waals surface area (Å²) in [5.74, 6) is 0.324. The van der Waals surface area contributed by atoms with E-state index in [9.17, 15) is 8.42 Å². The van der Waals surface area contributed by atoms with Crippen molar-refractivity contribution in [3.05, 3.63) is 17.7 Å². The first-order chi connectivity index (χ1) is 7.94. The molecule has 94 valence electrons. The van der Waals surface area contributed by atoms with Crippen molar-refractivity contribution in [3.63, 3.8) is 0 Å². The molecule has 0 aromatic heterocycles. The molecule has 3 N–H and O–H groups in total. The van der Waals surface area contributed by atoms with Gasteiger partial charge in [0.25, 0.3) is 0 Å². The Morgan fingerprint density at radius 2 is 2.06 bits per heavy atom. The quantitative estimate of drug-likeness (QED) is 0.788. The number of ether oxygens (including phenoxy) is 1. The summed E-state index contributed by atoms with van der Waals surface area (Å²) in [6, 6.07) is 3.14. The van der Waals surface area contributed by atoms with Crippen LogP contribution in [-0.4, -0.2) is 21.6 Å². The molecule has 2 rings (SSSR count). The van der Waals surface area contributed by atoms with E-state index in [-0.39, 0.29) is 10.9 Å². The van der Waals surface area contributed by atoms with Gasteiger partial charge in [0.05, 0.1) is 7.11 Å². The lowest BCUT2D eigenvalue weighted by molar-refractivity contribution is 0.402. The number of nitrogens with two attached hydrogens (primary N) is 1. The second kappa shape index (κ2) is 4.19. The molecule has 0 amide bonds. The number of anilines is 1. The number of sulfonamides is 1. The summed E-state index contributed by atoms with van der Waals surface area (Å²) >= 11 is 0. The molecule has 1 saturated carbocycles. The van der Waals surface area contributed by atoms with E-state index >= 15 is 0 Å². The third-order valence-electron chi connectivity index (χ3n) is 2.74. The van der Waals surface area contributed by atoms with Gasteiger partial charge < -0.3 is 10.5 Å². The third kappa shape index (κ3) is 2.53. The monoisotopic (exact) mass is 256 g/mol. The maximum Gasteiger partial charge on any atom is 0.244 e. The lowest BCUT2D eigenvalue weighted by atomic mass is 10.2. The number of nitrogens with one attached hydrogen (secondary N) is 1. The van der Waals surface area contributed by atoms with Gasteiger partial charge in [0.1, 0.15) is 10.6 Å². The minimum absolute atomic E-state index is 0.0623. The van der Waals surface area contributed by atoms with E-state index in [1.165, 1.54) is 13.2 Å². The van der Waals surface area contributed by atoms with Gasteiger partial charge in [0, 0.05) is 11.7 Å². The number of aryl methyl sites for hydroxylation is 1. The van der Waals surface area contributed by atoms with Crippen molar-refractivity contribution in [1.82, 2.24) is 4.72 Å². The summed E-state index contributed by atoms with van der Waals surface area (Å²) in [4.78, 5) is 0.106. The van der Waals surface area contributed by atoms with Crippen LogP contribution in [-0.2, 0) is 10.0 Å². The average Bonchev–Trinajstić information content (AvgIpc) is 3.04. The van der Waals surface area contributed by atoms with Gasteiger partial charge in [0.2, 0.25) is 10.0 Å². The van der Waals surface area contributed by atoms with Crippen LogP contribution < -0.4 is 15.2 Å². The van der Waals surface area contributed by atoms with Gasteiger partial charge in [-0.05, 0) is 37.5 Å². The smallest absolute Gasteiger partial charge is 0.244 e. The van der Waals surface area contributed by atoms with Crippen LogP contribution in [0.25, 0.3) is 0 Å². The molecule has 1 aliphatic rings. The topological polar surface area (TPSA) is 81.4 Å². The van der Waals surface area contributed by atoms with Crippen molar-refractivity contribution >= 4 is 15.7 Å². The summed E-state index contributed by atoms with van der Waals surface area (Å²) in [5.41, 5.74) is 6.98. The van der Waals surface area contributed by atoms with E-state index in [0.29, 0.717) is 11.4 Å². The molecule has 0 heterocycles. The van der Waals surface area contributed by atoms with Crippen molar-refractivity contribution in [2.45, 2.75) is 30.7 Å². The highest BCUT2D eigenvalue weighted by Crippen LogP contribution is 2.30. The molecule has 1 aromatic rings. The van der Waals surface area contributed by atoms with E-state index in [2.05, 4.69) is 4.72 Å². The van der Waals surface area contributed by atoms with Gasteiger partial charge >= 0.3 is 0 Å². The molecule has 0 bridgehead atoms. The van der Waals surface area contributed by atoms with Crippen molar-refractivity contribution in [2.75, 3.05) is 12.8 Å². The number of methoxy groups -OCH3 is 1. The number of rotatable bonds is 4. The summed E-state index contributed by atoms with van der Waals surface area (Å²) in [7, 11) is -2.09. The second-order valence-electron chi connectivity index (χ2n) is 4.26. The van der Waals surface area contributed by atoms with Crippen molar-refractivity contribution < 1.29 is 13.2 Å². The van der Waals surface area contributed by atoms with Crippen LogP contribution in [0.3, 0.4) is 0 Å². The normalized spacial score (nSPS) is 15.9. The predicted octanol–water partition coefficient (Wildman–Crippen LogP) is 1.03. The van der Waals surface area contributed by atoms with Crippen molar-refractivity contribution in [1.29, 1.82) is 0 Å². The standard InChI is InChI=1S/C11H16N2O3S/c1-7-5-10(16-2)11(6-9(7)12)17(14,15)13-8-3-4-8/h5-6,8,13H,3-4,12H2,1-2H3. The number of benzene rings is 1. The Balaban J connectivity index is 2.45. The first-order valence-corrected chi connectivity index (χ1v) is 6.89. The minimum atomic E-state index is -3.53. The third-order valence-corrected chi connectivity index (χ3v) is 4.28. The van der Waals surface area contributed by atoms with Gasteiger partial charge in [-0.15, -0.1) is 0 Å². The molecule has 0 atom stereocenters. The van der Waals surface area contributed by atoms with E-state index in [4.69, 9.17) is 10.5 Å². The van der Waals surface area contributed by atoms with Crippen LogP contribution in [0.4, 0.5) is 5.69 Å². The molecular weight excluding hydrogens is 240 g/mol. The van der Waals surface area contributed by atoms with Crippen LogP contribution in [0.15, 0.2) is 17.0 Å². The molecule has 0 unspecified atom stereocenters. The minimum Gasteiger partial charge on any atom is -0.495 e. The summed E-state index contributed by atoms with van der Waals surface area (Å²) in [6.45, 7) is 1.81. The molecule has 0 radical (unpaired) electrons. The zero-order valence-corrected chi connectivity index (χ0v) is 10.7. The Kier molecular flexibility index (Phi) is 3.01. The number of hydrogen-bond donors (Lipinski definition) is 2. The summed E-state index contributed by atoms with van der Waals surface area (Å²) in [5, 5.41) is 0. The predicted molar refractivity (Wildman–Crippen MR) is 65.5 cm³/mol. The molecule has 17 heavy (non-hydrogen) atoms. The zero-order valence-electron chi connectivity index (χ0n) is 9.86. The highest BCUT2D eigenvalue weighted by Gasteiger charge is 2.30. The molecule has 1 aliphatic carbocycles. The molecule has 0 aliphatic heterocycles. The van der Waals surface area contributed by atoms with E-state index in [0.717, 1.165) is 18.4 Å². The first-order valence-electron chi connectivity index (χ1n) is 5.40. The fourth-order valence-electron chi connectivity index (χ4n) is 1.53. The lowest BCUT2D eigenvalue weighted by Crippen LogP contribution is -2.26. The van der Waals surface area contributed by atoms with E-state index < -0.39 is 10.0 Å². The first kappa shape index (κ1) is 12.2. The average molecular weight is 256 g/mol. The number of nitrogen functional groups attached to an aromatic ring is 1. The highest BCUT2D eigenvalue weighted by molar-refractivity contribution is 7.89. The fraction of sp³-hybridized carbons (Fsp3) is 0.455. The fourth-order valence-corrected chi connectivity index (χ4v) is 3.02. The Labute approximate surface area is 101 Å². The van der Waals surface area contributed by atoms with Crippen molar-refractivity contribution in [3.8, 4) is 5.75 Å². The second-order valence-corrected chi connectivity index (χ2v) is 5.94. The summed E-state index contributed by atoms with van der Waals surface area (Å²) < 4.78 is 31.9. The largest absolute Gasteiger partial charge is 0.495 e. The lowest BCUT2D eigenvalue weighted by Gasteiger charge is -2.12. The van der Waals surface area contributed by atoms with E-state index in [1.54, 1.807) is 6.07 Å². The van der Waals surface area contributed by atoms with Gasteiger partial charge in [-0.25, -0.2) is 13.1 Å². The molecule has 1 aromatic carbocycles. The van der Waals surface area contributed by atoms with Gasteiger partial charge in [-0.3, -0.25) is 0 Å². The highest BCUT2D eigenvalue weighted by atomic mass is 32.2. The van der Waals surface area contributed by atoms with Crippen LogP contribution in [0.5, 0.6) is 5.75 Å². The SMILES string of the molecule is COc1cc(C)c(N)cc1S(=O)(=O)NC1CC1. The van der Waals surface area contributed by atoms with Crippen LogP contribution in [0.1, 0.15) is 18.4 Å². The molecule has 6 heteroatoms. The summed E-state index contributed by atoms with van der Waals surface area (Å²) in [6.07, 6.45) is 1.78. The maximum atomic E-state index is 12.1. The Morgan fingerprint density at radius 1 is 1.41 bits per heavy atom.